The fourth-order valence-electron chi connectivity index (χ4n) is 3.19. The molecule has 0 saturated carbocycles. The topological polar surface area (TPSA) is 12.5 Å². The Labute approximate surface area is 157 Å². The minimum absolute atomic E-state index is 0.398. The van der Waals surface area contributed by atoms with E-state index in [-0.39, 0.29) is 0 Å². The second-order valence-corrected chi connectivity index (χ2v) is 26.1. The SMILES string of the molecule is CCO[Si](C)(C)CCCN([Si](C)(C)C(C)(C)C)[Si](C)(C)C(C)(C)C. The molecule has 0 aliphatic rings. The van der Waals surface area contributed by atoms with Crippen molar-refractivity contribution in [2.45, 2.75) is 110 Å². The van der Waals surface area contributed by atoms with Crippen molar-refractivity contribution < 1.29 is 4.43 Å². The van der Waals surface area contributed by atoms with Crippen molar-refractivity contribution in [1.29, 1.82) is 0 Å². The lowest BCUT2D eigenvalue weighted by Crippen LogP contribution is -2.68. The molecule has 0 N–H and O–H groups in total. The first-order valence-corrected chi connectivity index (χ1v) is 18.8. The van der Waals surface area contributed by atoms with Gasteiger partial charge in [0.2, 0.25) is 0 Å². The van der Waals surface area contributed by atoms with Crippen LogP contribution in [0.5, 0.6) is 0 Å². The second kappa shape index (κ2) is 8.07. The molecule has 0 heterocycles. The van der Waals surface area contributed by atoms with Crippen LogP contribution in [-0.4, -0.2) is 42.2 Å². The molecule has 0 aromatic rings. The standard InChI is InChI=1S/C19H47NOSi3/c1-14-21-22(8,9)17-15-16-20(23(10,11)18(2,3)4)24(12,13)19(5,6)7/h14-17H2,1-13H3. The molecule has 0 amide bonds. The first-order valence-electron chi connectivity index (χ1n) is 9.82. The third-order valence-electron chi connectivity index (χ3n) is 6.72. The fraction of sp³-hybridized carbons (Fsp3) is 1.00. The quantitative estimate of drug-likeness (QED) is 0.417. The molecule has 24 heavy (non-hydrogen) atoms. The van der Waals surface area contributed by atoms with Gasteiger partial charge in [-0.05, 0) is 49.1 Å². The highest BCUT2D eigenvalue weighted by Crippen LogP contribution is 2.47. The van der Waals surface area contributed by atoms with Gasteiger partial charge >= 0.3 is 0 Å². The average molecular weight is 390 g/mol. The summed E-state index contributed by atoms with van der Waals surface area (Å²) >= 11 is 0. The lowest BCUT2D eigenvalue weighted by atomic mass is 10.2. The first kappa shape index (κ1) is 24.6. The van der Waals surface area contributed by atoms with Crippen molar-refractivity contribution in [3.63, 3.8) is 0 Å². The molecule has 5 heteroatoms. The molecule has 0 bridgehead atoms. The minimum Gasteiger partial charge on any atom is -0.418 e. The van der Waals surface area contributed by atoms with Gasteiger partial charge in [0.1, 0.15) is 16.5 Å². The summed E-state index contributed by atoms with van der Waals surface area (Å²) in [4.78, 5) is 0. The highest BCUT2D eigenvalue weighted by molar-refractivity contribution is 6.93. The van der Waals surface area contributed by atoms with Gasteiger partial charge in [0, 0.05) is 6.61 Å². The fourth-order valence-corrected chi connectivity index (χ4v) is 15.8. The summed E-state index contributed by atoms with van der Waals surface area (Å²) in [5.74, 6) is 0. The largest absolute Gasteiger partial charge is 0.418 e. The van der Waals surface area contributed by atoms with Crippen LogP contribution in [0.25, 0.3) is 0 Å². The second-order valence-electron chi connectivity index (χ2n) is 11.1. The van der Waals surface area contributed by atoms with Crippen molar-refractivity contribution in [3.05, 3.63) is 0 Å². The Morgan fingerprint density at radius 1 is 0.750 bits per heavy atom. The molecule has 0 aliphatic carbocycles. The lowest BCUT2D eigenvalue weighted by molar-refractivity contribution is 0.327. The molecule has 0 saturated heterocycles. The smallest absolute Gasteiger partial charge is 0.186 e. The lowest BCUT2D eigenvalue weighted by Gasteiger charge is -2.57. The van der Waals surface area contributed by atoms with E-state index in [0.29, 0.717) is 10.1 Å². The molecule has 0 unspecified atom stereocenters. The van der Waals surface area contributed by atoms with Gasteiger partial charge in [-0.25, -0.2) is 0 Å². The Morgan fingerprint density at radius 2 is 1.12 bits per heavy atom. The average Bonchev–Trinajstić information content (AvgIpc) is 2.30. The summed E-state index contributed by atoms with van der Waals surface area (Å²) in [6.45, 7) is 34.1. The van der Waals surface area contributed by atoms with Gasteiger partial charge in [-0.2, -0.15) is 0 Å². The maximum Gasteiger partial charge on any atom is 0.186 e. The maximum atomic E-state index is 6.06. The third kappa shape index (κ3) is 6.08. The van der Waals surface area contributed by atoms with E-state index in [1.54, 1.807) is 0 Å². The van der Waals surface area contributed by atoms with Crippen LogP contribution in [0.3, 0.4) is 0 Å². The van der Waals surface area contributed by atoms with Gasteiger partial charge in [0.05, 0.1) is 0 Å². The Balaban J connectivity index is 5.46. The maximum absolute atomic E-state index is 6.06. The molecule has 0 rings (SSSR count). The van der Waals surface area contributed by atoms with Crippen LogP contribution >= 0.6 is 0 Å². The molecular formula is C19H47NOSi3. The van der Waals surface area contributed by atoms with Crippen LogP contribution in [0.2, 0.25) is 55.4 Å². The summed E-state index contributed by atoms with van der Waals surface area (Å²) in [6.07, 6.45) is 1.29. The van der Waals surface area contributed by atoms with Crippen molar-refractivity contribution in [2.75, 3.05) is 13.2 Å². The minimum atomic E-state index is -1.52. The van der Waals surface area contributed by atoms with E-state index in [1.165, 1.54) is 19.0 Å². The predicted octanol–water partition coefficient (Wildman–Crippen LogP) is 6.93. The molecule has 0 aromatic heterocycles. The zero-order chi connectivity index (χ0) is 19.6. The summed E-state index contributed by atoms with van der Waals surface area (Å²) in [5.41, 5.74) is 0. The van der Waals surface area contributed by atoms with Crippen LogP contribution in [0.4, 0.5) is 0 Å². The highest BCUT2D eigenvalue weighted by atomic mass is 28.4. The molecule has 0 radical (unpaired) electrons. The van der Waals surface area contributed by atoms with Gasteiger partial charge in [0.15, 0.2) is 8.32 Å². The van der Waals surface area contributed by atoms with Gasteiger partial charge < -0.3 is 8.66 Å². The van der Waals surface area contributed by atoms with E-state index >= 15 is 0 Å². The van der Waals surface area contributed by atoms with Crippen LogP contribution in [0.15, 0.2) is 0 Å². The van der Waals surface area contributed by atoms with Crippen molar-refractivity contribution in [3.8, 4) is 0 Å². The van der Waals surface area contributed by atoms with Crippen LogP contribution < -0.4 is 0 Å². The van der Waals surface area contributed by atoms with Crippen LogP contribution in [0, 0.1) is 0 Å². The van der Waals surface area contributed by atoms with E-state index in [0.717, 1.165) is 6.61 Å². The summed E-state index contributed by atoms with van der Waals surface area (Å²) < 4.78 is 9.11. The highest BCUT2D eigenvalue weighted by Gasteiger charge is 2.51. The molecule has 146 valence electrons. The van der Waals surface area contributed by atoms with E-state index in [2.05, 4.69) is 92.0 Å². The summed E-state index contributed by atoms with van der Waals surface area (Å²) in [7, 11) is -4.53. The van der Waals surface area contributed by atoms with Gasteiger partial charge in [0.25, 0.3) is 0 Å². The molecule has 2 nitrogen and oxygen atoms in total. The number of nitrogens with zero attached hydrogens (tertiary/aromatic N) is 1. The molecule has 0 aliphatic heterocycles. The molecule has 0 spiro atoms. The molecule has 0 atom stereocenters. The molecular weight excluding hydrogens is 342 g/mol. The van der Waals surface area contributed by atoms with Gasteiger partial charge in [-0.3, -0.25) is 0 Å². The summed E-state index contributed by atoms with van der Waals surface area (Å²) in [5, 5.41) is 0.796. The normalized spacial score (nSPS) is 15.2. The van der Waals surface area contributed by atoms with E-state index in [9.17, 15) is 0 Å². The first-order chi connectivity index (χ1) is 10.4. The zero-order valence-corrected chi connectivity index (χ0v) is 22.2. The molecule has 0 fully saturated rings. The zero-order valence-electron chi connectivity index (χ0n) is 19.2. The van der Waals surface area contributed by atoms with E-state index in [1.807, 2.05) is 0 Å². The van der Waals surface area contributed by atoms with Crippen molar-refractivity contribution in [1.82, 2.24) is 4.23 Å². The van der Waals surface area contributed by atoms with Gasteiger partial charge in [-0.1, -0.05) is 67.7 Å². The number of hydrogen-bond acceptors (Lipinski definition) is 2. The predicted molar refractivity (Wildman–Crippen MR) is 120 cm³/mol. The van der Waals surface area contributed by atoms with Crippen LogP contribution in [0.1, 0.15) is 54.9 Å². The Hall–Kier alpha value is 0.571. The number of hydrogen-bond donors (Lipinski definition) is 0. The Morgan fingerprint density at radius 3 is 1.42 bits per heavy atom. The Kier molecular flexibility index (Phi) is 8.26. The van der Waals surface area contributed by atoms with Crippen LogP contribution in [-0.2, 0) is 4.43 Å². The summed E-state index contributed by atoms with van der Waals surface area (Å²) in [6, 6.07) is 1.28. The molecule has 0 aromatic carbocycles. The van der Waals surface area contributed by atoms with E-state index < -0.39 is 24.8 Å². The van der Waals surface area contributed by atoms with Gasteiger partial charge in [-0.15, -0.1) is 0 Å². The van der Waals surface area contributed by atoms with Crippen molar-refractivity contribution >= 4 is 24.8 Å². The van der Waals surface area contributed by atoms with E-state index in [4.69, 9.17) is 4.43 Å². The Bertz CT molecular complexity index is 366. The third-order valence-corrected chi connectivity index (χ3v) is 23.2. The van der Waals surface area contributed by atoms with Crippen molar-refractivity contribution in [2.24, 2.45) is 0 Å². The monoisotopic (exact) mass is 389 g/mol. The number of rotatable bonds is 8.